The summed E-state index contributed by atoms with van der Waals surface area (Å²) in [5.74, 6) is 0.916. The number of methoxy groups -OCH3 is 1. The van der Waals surface area contributed by atoms with Gasteiger partial charge in [-0.1, -0.05) is 11.2 Å². The number of piperidine rings is 1. The zero-order valence-corrected chi connectivity index (χ0v) is 23.7. The van der Waals surface area contributed by atoms with Crippen molar-refractivity contribution in [2.45, 2.75) is 43.6 Å². The number of aliphatic hydroxyl groups excluding tert-OH is 1. The van der Waals surface area contributed by atoms with Crippen LogP contribution in [0.4, 0.5) is 17.2 Å². The monoisotopic (exact) mass is 558 g/mol. The van der Waals surface area contributed by atoms with Crippen molar-refractivity contribution in [3.8, 4) is 17.2 Å². The second kappa shape index (κ2) is 11.9. The number of carbonyl (C=O) groups excluding carboxylic acids is 2. The molecule has 2 aromatic heterocycles. The number of hydrogen-bond donors (Lipinski definition) is 4. The van der Waals surface area contributed by atoms with Gasteiger partial charge < -0.3 is 30.3 Å². The molecule has 2 amide bonds. The smallest absolute Gasteiger partial charge is 0.272 e. The Morgan fingerprint density at radius 1 is 1.15 bits per heavy atom. The van der Waals surface area contributed by atoms with Crippen molar-refractivity contribution in [3.05, 3.63) is 35.8 Å². The van der Waals surface area contributed by atoms with E-state index in [-0.39, 0.29) is 35.3 Å². The van der Waals surface area contributed by atoms with Crippen LogP contribution in [-0.4, -0.2) is 97.2 Å². The van der Waals surface area contributed by atoms with E-state index < -0.39 is 11.1 Å². The Morgan fingerprint density at radius 3 is 2.59 bits per heavy atom. The molecule has 2 aliphatic rings. The molecule has 0 unspecified atom stereocenters. The molecule has 0 spiro atoms. The molecule has 16 heteroatoms. The molecule has 13 nitrogen and oxygen atoms in total. The Kier molecular flexibility index (Phi) is 8.31. The van der Waals surface area contributed by atoms with Crippen LogP contribution in [0.1, 0.15) is 42.0 Å². The second-order valence-corrected chi connectivity index (χ2v) is 11.5. The van der Waals surface area contributed by atoms with Gasteiger partial charge >= 0.3 is 0 Å². The second-order valence-electron chi connectivity index (χ2n) is 11.5. The van der Waals surface area contributed by atoms with Crippen molar-refractivity contribution in [1.29, 1.82) is 0 Å². The summed E-state index contributed by atoms with van der Waals surface area (Å²) in [7, 11) is 7.14. The Morgan fingerprint density at radius 2 is 1.90 bits per heavy atom. The molecule has 1 saturated carbocycles. The molecule has 2 fully saturated rings. The summed E-state index contributed by atoms with van der Waals surface area (Å²) < 4.78 is 11.3. The Bertz CT molecular complexity index is 1420. The molecule has 5 rings (SSSR count). The van der Waals surface area contributed by atoms with E-state index in [4.69, 9.17) is 9.26 Å². The maximum Gasteiger partial charge on any atom is 0.272 e. The van der Waals surface area contributed by atoms with Crippen LogP contribution in [0.5, 0.6) is 5.75 Å². The number of aliphatic hydroxyl groups is 1. The largest absolute Gasteiger partial charge is 0.494 e. The van der Waals surface area contributed by atoms with Gasteiger partial charge in [0.1, 0.15) is 23.5 Å². The van der Waals surface area contributed by atoms with Gasteiger partial charge in [-0.2, -0.15) is 4.98 Å². The number of para-hydroxylation sites is 1. The summed E-state index contributed by atoms with van der Waals surface area (Å²) in [6.07, 6.45) is 2.88. The van der Waals surface area contributed by atoms with E-state index in [0.29, 0.717) is 35.1 Å². The number of amides is 2. The standard InChI is InChI=1S/C25H33B3N8O5/c1-40-21-15(24-31-19(35-41-24)12-36-9-7-14(37)8-10-36)3-2-4-16(21)29-17-11-18(30-22(38)13-5-6-13)33-34-20(17)23(39)32-25(26,27)28/h2-4,11,13-14,37H,5-10,12,26-28H2,1H3,(H,32,39)(H2,29,30,33,38). The minimum atomic E-state index is -0.504. The summed E-state index contributed by atoms with van der Waals surface area (Å²) in [6.45, 7) is 2.05. The molecular weight excluding hydrogens is 525 g/mol. The van der Waals surface area contributed by atoms with Gasteiger partial charge in [-0.25, -0.2) is 0 Å². The predicted molar refractivity (Wildman–Crippen MR) is 159 cm³/mol. The highest BCUT2D eigenvalue weighted by Crippen LogP contribution is 2.38. The van der Waals surface area contributed by atoms with Gasteiger partial charge in [0.15, 0.2) is 23.1 Å². The van der Waals surface area contributed by atoms with Gasteiger partial charge in [-0.05, 0) is 43.1 Å². The van der Waals surface area contributed by atoms with E-state index >= 15 is 0 Å². The number of anilines is 3. The summed E-state index contributed by atoms with van der Waals surface area (Å²) in [6, 6.07) is 6.97. The number of nitrogens with zero attached hydrogens (tertiary/aromatic N) is 5. The zero-order chi connectivity index (χ0) is 29.1. The lowest BCUT2D eigenvalue weighted by Crippen LogP contribution is -2.50. The van der Waals surface area contributed by atoms with Gasteiger partial charge in [-0.3, -0.25) is 14.5 Å². The molecule has 212 valence electrons. The highest BCUT2D eigenvalue weighted by Gasteiger charge is 2.30. The number of aromatic nitrogens is 4. The zero-order valence-electron chi connectivity index (χ0n) is 23.7. The molecule has 1 aromatic carbocycles. The fourth-order valence-electron chi connectivity index (χ4n) is 4.56. The topological polar surface area (TPSA) is 168 Å². The molecule has 0 radical (unpaired) electrons. The van der Waals surface area contributed by atoms with Crippen LogP contribution in [0.2, 0.25) is 0 Å². The molecule has 4 N–H and O–H groups in total. The SMILES string of the molecule is BC(B)(B)NC(=O)c1nnc(NC(=O)C2CC2)cc1Nc1cccc(-c2nc(CN3CCC(O)CC3)no2)c1OC. The molecule has 1 saturated heterocycles. The molecule has 3 heterocycles. The highest BCUT2D eigenvalue weighted by atomic mass is 16.5. The molecule has 0 atom stereocenters. The number of hydrogen-bond acceptors (Lipinski definition) is 11. The number of likely N-dealkylation sites (tertiary alicyclic amines) is 1. The van der Waals surface area contributed by atoms with Crippen LogP contribution in [0.15, 0.2) is 28.8 Å². The maximum absolute atomic E-state index is 13.1. The number of rotatable bonds is 10. The Balaban J connectivity index is 1.42. The lowest BCUT2D eigenvalue weighted by atomic mass is 9.49. The number of ether oxygens (including phenoxy) is 1. The molecule has 1 aliphatic carbocycles. The van der Waals surface area contributed by atoms with E-state index in [1.165, 1.54) is 7.11 Å². The van der Waals surface area contributed by atoms with Gasteiger partial charge in [0.25, 0.3) is 11.8 Å². The molecule has 1 aliphatic heterocycles. The lowest BCUT2D eigenvalue weighted by molar-refractivity contribution is -0.117. The average Bonchev–Trinajstić information content (AvgIpc) is 3.68. The van der Waals surface area contributed by atoms with Gasteiger partial charge in [0.2, 0.25) is 5.91 Å². The lowest BCUT2D eigenvalue weighted by Gasteiger charge is -2.28. The minimum Gasteiger partial charge on any atom is -0.494 e. The summed E-state index contributed by atoms with van der Waals surface area (Å²) in [4.78, 5) is 32.2. The third kappa shape index (κ3) is 7.25. The van der Waals surface area contributed by atoms with E-state index in [1.807, 2.05) is 23.5 Å². The van der Waals surface area contributed by atoms with E-state index in [0.717, 1.165) is 38.8 Å². The third-order valence-corrected chi connectivity index (χ3v) is 6.81. The van der Waals surface area contributed by atoms with Crippen molar-refractivity contribution < 1.29 is 24.0 Å². The molecule has 0 bridgehead atoms. The van der Waals surface area contributed by atoms with Gasteiger partial charge in [0, 0.05) is 25.1 Å². The normalized spacial score (nSPS) is 16.2. The van der Waals surface area contributed by atoms with Crippen LogP contribution in [-0.2, 0) is 11.3 Å². The van der Waals surface area contributed by atoms with Gasteiger partial charge in [-0.15, -0.1) is 10.2 Å². The maximum atomic E-state index is 13.1. The first-order chi connectivity index (χ1) is 19.6. The summed E-state index contributed by atoms with van der Waals surface area (Å²) in [5, 5.41) is 30.6. The summed E-state index contributed by atoms with van der Waals surface area (Å²) >= 11 is 0. The van der Waals surface area contributed by atoms with Crippen LogP contribution >= 0.6 is 0 Å². The molecule has 41 heavy (non-hydrogen) atoms. The van der Waals surface area contributed by atoms with Crippen LogP contribution < -0.4 is 20.7 Å². The first-order valence-corrected chi connectivity index (χ1v) is 13.8. The van der Waals surface area contributed by atoms with Crippen molar-refractivity contribution in [2.75, 3.05) is 30.8 Å². The fraction of sp³-hybridized carbons (Fsp3) is 0.440. The third-order valence-electron chi connectivity index (χ3n) is 6.81. The van der Waals surface area contributed by atoms with Crippen LogP contribution in [0.25, 0.3) is 11.5 Å². The Hall–Kier alpha value is -3.91. The number of benzene rings is 1. The number of nitrogens with one attached hydrogen (secondary N) is 3. The first kappa shape index (κ1) is 28.6. The predicted octanol–water partition coefficient (Wildman–Crippen LogP) is -1.18. The summed E-state index contributed by atoms with van der Waals surface area (Å²) in [5.41, 5.74) is 1.48. The van der Waals surface area contributed by atoms with Crippen LogP contribution in [0, 0.1) is 5.92 Å². The van der Waals surface area contributed by atoms with Crippen molar-refractivity contribution in [2.24, 2.45) is 5.92 Å². The van der Waals surface area contributed by atoms with Crippen molar-refractivity contribution in [3.63, 3.8) is 0 Å². The molecule has 3 aromatic rings. The highest BCUT2D eigenvalue weighted by molar-refractivity contribution is 6.60. The van der Waals surface area contributed by atoms with Gasteiger partial charge in [0.05, 0.1) is 36.7 Å². The van der Waals surface area contributed by atoms with Crippen LogP contribution in [0.3, 0.4) is 0 Å². The fourth-order valence-corrected chi connectivity index (χ4v) is 4.56. The first-order valence-electron chi connectivity index (χ1n) is 13.8. The van der Waals surface area contributed by atoms with Crippen molar-refractivity contribution >= 4 is 52.5 Å². The van der Waals surface area contributed by atoms with E-state index in [9.17, 15) is 14.7 Å². The minimum absolute atomic E-state index is 0.0188. The molecular formula is C25H33B3N8O5. The average molecular weight is 558 g/mol. The Labute approximate surface area is 240 Å². The van der Waals surface area contributed by atoms with Crippen molar-refractivity contribution in [1.82, 2.24) is 30.6 Å². The van der Waals surface area contributed by atoms with E-state index in [1.54, 1.807) is 24.3 Å². The quantitative estimate of drug-likeness (QED) is 0.222. The van der Waals surface area contributed by atoms with E-state index in [2.05, 4.69) is 41.2 Å². The number of carbonyl (C=O) groups is 2.